The van der Waals surface area contributed by atoms with Crippen LogP contribution in [0.3, 0.4) is 0 Å². The summed E-state index contributed by atoms with van der Waals surface area (Å²) < 4.78 is 13.3. The molecule has 0 unspecified atom stereocenters. The third kappa shape index (κ3) is 3.55. The van der Waals surface area contributed by atoms with Gasteiger partial charge in [-0.05, 0) is 29.0 Å². The van der Waals surface area contributed by atoms with Crippen molar-refractivity contribution in [2.75, 3.05) is 7.11 Å². The lowest BCUT2D eigenvalue weighted by Gasteiger charge is -2.38. The average molecular weight is 408 g/mol. The van der Waals surface area contributed by atoms with Gasteiger partial charge in [-0.1, -0.05) is 39.8 Å². The van der Waals surface area contributed by atoms with Crippen LogP contribution in [0, 0.1) is 16.7 Å². The van der Waals surface area contributed by atoms with E-state index in [-0.39, 0.29) is 17.1 Å². The zero-order chi connectivity index (χ0) is 21.6. The highest BCUT2D eigenvalue weighted by Crippen LogP contribution is 2.48. The van der Waals surface area contributed by atoms with E-state index < -0.39 is 0 Å². The summed E-state index contributed by atoms with van der Waals surface area (Å²) in [6.07, 6.45) is 2.82. The summed E-state index contributed by atoms with van der Waals surface area (Å²) in [5.41, 5.74) is 2.46. The molecule has 1 aliphatic heterocycles. The van der Waals surface area contributed by atoms with Gasteiger partial charge in [-0.15, -0.1) is 0 Å². The minimum Gasteiger partial charge on any atom is -0.497 e. The number of Topliss-reactive ketones (excluding diaryl/α,β-unsaturated/α-hetero) is 1. The fraction of sp³-hybridized carbons (Fsp3) is 0.458. The standard InChI is InChI=1S/C24H29N3O3/c1-14(2)12-27-13-26-23-21(22(27)25)19(15-6-8-16(29-5)9-7-15)20-17(28)10-24(3,4)11-18(20)30-23/h6-9,13-14,19,25H,10-12H2,1-5H3/t19-/m0/s1. The lowest BCUT2D eigenvalue weighted by atomic mass is 9.70. The van der Waals surface area contributed by atoms with Gasteiger partial charge in [0.05, 0.1) is 12.7 Å². The molecule has 1 N–H and O–H groups in total. The highest BCUT2D eigenvalue weighted by atomic mass is 16.5. The molecule has 0 amide bonds. The van der Waals surface area contributed by atoms with Crippen LogP contribution in [0.5, 0.6) is 11.6 Å². The molecule has 2 heterocycles. The summed E-state index contributed by atoms with van der Waals surface area (Å²) in [6.45, 7) is 9.07. The molecule has 1 aromatic carbocycles. The van der Waals surface area contributed by atoms with E-state index in [9.17, 15) is 4.79 Å². The van der Waals surface area contributed by atoms with E-state index in [1.165, 1.54) is 0 Å². The maximum absolute atomic E-state index is 13.3. The Morgan fingerprint density at radius 2 is 1.97 bits per heavy atom. The van der Waals surface area contributed by atoms with E-state index in [2.05, 4.69) is 32.7 Å². The molecule has 1 aromatic heterocycles. The van der Waals surface area contributed by atoms with Gasteiger partial charge in [-0.3, -0.25) is 10.2 Å². The molecular formula is C24H29N3O3. The zero-order valence-corrected chi connectivity index (χ0v) is 18.3. The monoisotopic (exact) mass is 407 g/mol. The lowest BCUT2D eigenvalue weighted by Crippen LogP contribution is -2.37. The van der Waals surface area contributed by atoms with E-state index in [1.54, 1.807) is 13.4 Å². The fourth-order valence-electron chi connectivity index (χ4n) is 4.46. The normalized spacial score (nSPS) is 19.9. The van der Waals surface area contributed by atoms with Crippen molar-refractivity contribution in [2.24, 2.45) is 11.3 Å². The maximum atomic E-state index is 13.3. The quantitative estimate of drug-likeness (QED) is 0.824. The number of nitrogens with zero attached hydrogens (tertiary/aromatic N) is 2. The Morgan fingerprint density at radius 3 is 2.60 bits per heavy atom. The molecule has 4 rings (SSSR count). The summed E-state index contributed by atoms with van der Waals surface area (Å²) in [6, 6.07) is 7.72. The van der Waals surface area contributed by atoms with Crippen LogP contribution in [0.1, 0.15) is 57.6 Å². The molecule has 2 aliphatic rings. The Labute approximate surface area is 177 Å². The highest BCUT2D eigenvalue weighted by Gasteiger charge is 2.43. The molecule has 0 spiro atoms. The molecule has 0 bridgehead atoms. The second kappa shape index (κ2) is 7.42. The Bertz CT molecular complexity index is 1080. The molecule has 0 fully saturated rings. The van der Waals surface area contributed by atoms with Gasteiger partial charge in [-0.25, -0.2) is 4.98 Å². The Hall–Kier alpha value is -2.89. The number of allylic oxidation sites excluding steroid dienone is 2. The van der Waals surface area contributed by atoms with Crippen LogP contribution in [0.4, 0.5) is 0 Å². The fourth-order valence-corrected chi connectivity index (χ4v) is 4.46. The molecule has 0 saturated carbocycles. The number of aromatic nitrogens is 2. The predicted molar refractivity (Wildman–Crippen MR) is 113 cm³/mol. The van der Waals surface area contributed by atoms with E-state index in [4.69, 9.17) is 14.9 Å². The third-order valence-corrected chi connectivity index (χ3v) is 5.77. The first-order valence-electron chi connectivity index (χ1n) is 10.4. The maximum Gasteiger partial charge on any atom is 0.228 e. The van der Waals surface area contributed by atoms with Crippen LogP contribution in [0.25, 0.3) is 0 Å². The molecule has 6 heteroatoms. The lowest BCUT2D eigenvalue weighted by molar-refractivity contribution is -0.118. The molecule has 30 heavy (non-hydrogen) atoms. The van der Waals surface area contributed by atoms with Crippen molar-refractivity contribution >= 4 is 5.78 Å². The van der Waals surface area contributed by atoms with Crippen molar-refractivity contribution < 1.29 is 14.3 Å². The second-order valence-electron chi connectivity index (χ2n) is 9.44. The number of rotatable bonds is 4. The van der Waals surface area contributed by atoms with E-state index >= 15 is 0 Å². The number of ether oxygens (including phenoxy) is 2. The minimum absolute atomic E-state index is 0.0892. The largest absolute Gasteiger partial charge is 0.497 e. The van der Waals surface area contributed by atoms with Gasteiger partial charge >= 0.3 is 0 Å². The molecule has 158 valence electrons. The smallest absolute Gasteiger partial charge is 0.228 e. The number of benzene rings is 1. The highest BCUT2D eigenvalue weighted by molar-refractivity contribution is 6.00. The first kappa shape index (κ1) is 20.4. The van der Waals surface area contributed by atoms with Crippen molar-refractivity contribution in [3.63, 3.8) is 0 Å². The Morgan fingerprint density at radius 1 is 1.27 bits per heavy atom. The van der Waals surface area contributed by atoms with Crippen molar-refractivity contribution in [3.8, 4) is 11.6 Å². The summed E-state index contributed by atoms with van der Waals surface area (Å²) in [4.78, 5) is 17.8. The van der Waals surface area contributed by atoms with Crippen LogP contribution in [0.2, 0.25) is 0 Å². The van der Waals surface area contributed by atoms with Gasteiger partial charge in [-0.2, -0.15) is 0 Å². The van der Waals surface area contributed by atoms with E-state index in [0.29, 0.717) is 53.6 Å². The number of ketones is 1. The number of hydrogen-bond acceptors (Lipinski definition) is 5. The van der Waals surface area contributed by atoms with Gasteiger partial charge in [0.2, 0.25) is 5.88 Å². The minimum atomic E-state index is -0.363. The molecule has 6 nitrogen and oxygen atoms in total. The first-order chi connectivity index (χ1) is 14.2. The summed E-state index contributed by atoms with van der Waals surface area (Å²) >= 11 is 0. The Kier molecular flexibility index (Phi) is 5.04. The van der Waals surface area contributed by atoms with Gasteiger partial charge in [0.25, 0.3) is 0 Å². The van der Waals surface area contributed by atoms with Crippen molar-refractivity contribution in [2.45, 2.75) is 53.0 Å². The SMILES string of the molecule is COc1ccc([C@H]2C3=C(CC(C)(C)CC3=O)Oc3ncn(CC(C)C)c(=N)c32)cc1. The van der Waals surface area contributed by atoms with Crippen LogP contribution < -0.4 is 15.0 Å². The van der Waals surface area contributed by atoms with Crippen LogP contribution in [-0.2, 0) is 11.3 Å². The van der Waals surface area contributed by atoms with Crippen molar-refractivity contribution in [3.05, 3.63) is 58.5 Å². The topological polar surface area (TPSA) is 77.2 Å². The van der Waals surface area contributed by atoms with E-state index in [1.807, 2.05) is 28.8 Å². The number of nitrogens with one attached hydrogen (secondary N) is 1. The van der Waals surface area contributed by atoms with Crippen molar-refractivity contribution in [1.29, 1.82) is 5.41 Å². The van der Waals surface area contributed by atoms with Crippen LogP contribution >= 0.6 is 0 Å². The van der Waals surface area contributed by atoms with Crippen LogP contribution in [-0.4, -0.2) is 22.4 Å². The Balaban J connectivity index is 1.93. The summed E-state index contributed by atoms with van der Waals surface area (Å²) in [5, 5.41) is 8.91. The molecule has 1 aliphatic carbocycles. The number of fused-ring (bicyclic) bond motifs is 1. The van der Waals surface area contributed by atoms with E-state index in [0.717, 1.165) is 11.3 Å². The molecule has 1 atom stereocenters. The third-order valence-electron chi connectivity index (χ3n) is 5.77. The predicted octanol–water partition coefficient (Wildman–Crippen LogP) is 4.19. The van der Waals surface area contributed by atoms with Gasteiger partial charge in [0.15, 0.2) is 5.78 Å². The van der Waals surface area contributed by atoms with Gasteiger partial charge < -0.3 is 14.0 Å². The zero-order valence-electron chi connectivity index (χ0n) is 18.3. The summed E-state index contributed by atoms with van der Waals surface area (Å²) in [7, 11) is 1.63. The summed E-state index contributed by atoms with van der Waals surface area (Å²) in [5.74, 6) is 1.98. The number of hydrogen-bond donors (Lipinski definition) is 1. The number of methoxy groups -OCH3 is 1. The molecule has 0 saturated heterocycles. The van der Waals surface area contributed by atoms with Gasteiger partial charge in [0.1, 0.15) is 23.3 Å². The first-order valence-corrected chi connectivity index (χ1v) is 10.4. The average Bonchev–Trinajstić information content (AvgIpc) is 2.67. The molecule has 2 aromatic rings. The second-order valence-corrected chi connectivity index (χ2v) is 9.44. The molecular weight excluding hydrogens is 378 g/mol. The van der Waals surface area contributed by atoms with Gasteiger partial charge in [0, 0.05) is 30.9 Å². The van der Waals surface area contributed by atoms with Crippen molar-refractivity contribution in [1.82, 2.24) is 9.55 Å². The number of carbonyl (C=O) groups excluding carboxylic acids is 1. The number of carbonyl (C=O) groups is 1. The molecule has 0 radical (unpaired) electrons. The van der Waals surface area contributed by atoms with Crippen LogP contribution in [0.15, 0.2) is 41.9 Å².